The Morgan fingerprint density at radius 1 is 1.43 bits per heavy atom. The molecule has 1 aliphatic rings. The van der Waals surface area contributed by atoms with Gasteiger partial charge in [-0.2, -0.15) is 0 Å². The summed E-state index contributed by atoms with van der Waals surface area (Å²) in [7, 11) is 2.15. The third-order valence-electron chi connectivity index (χ3n) is 3.64. The lowest BCUT2D eigenvalue weighted by molar-refractivity contribution is -0.0210. The normalized spacial score (nSPS) is 21.2. The van der Waals surface area contributed by atoms with Crippen molar-refractivity contribution in [3.05, 3.63) is 15.6 Å². The Kier molecular flexibility index (Phi) is 5.41. The number of aromatic nitrogens is 1. The van der Waals surface area contributed by atoms with Crippen molar-refractivity contribution in [1.82, 2.24) is 15.2 Å². The van der Waals surface area contributed by atoms with Gasteiger partial charge in [0.1, 0.15) is 11.1 Å². The van der Waals surface area contributed by atoms with E-state index in [2.05, 4.69) is 51.9 Å². The topological polar surface area (TPSA) is 37.4 Å². The van der Waals surface area contributed by atoms with Crippen LogP contribution in [-0.4, -0.2) is 42.7 Å². The standard InChI is InChI=1S/C16H29N3OS/c1-11(2)17-9-13-14(16(3,4)5)18-15(21-13)12-10-19(6)7-8-20-12/h11-12,17H,7-10H2,1-6H3. The zero-order valence-electron chi connectivity index (χ0n) is 14.2. The van der Waals surface area contributed by atoms with Crippen molar-refractivity contribution >= 4 is 11.3 Å². The Morgan fingerprint density at radius 3 is 2.71 bits per heavy atom. The molecule has 0 amide bonds. The molecule has 2 rings (SSSR count). The monoisotopic (exact) mass is 311 g/mol. The van der Waals surface area contributed by atoms with Gasteiger partial charge >= 0.3 is 0 Å². The zero-order chi connectivity index (χ0) is 15.6. The van der Waals surface area contributed by atoms with E-state index < -0.39 is 0 Å². The third-order valence-corrected chi connectivity index (χ3v) is 4.79. The van der Waals surface area contributed by atoms with Gasteiger partial charge in [0.15, 0.2) is 0 Å². The highest BCUT2D eigenvalue weighted by Gasteiger charge is 2.28. The number of hydrogen-bond acceptors (Lipinski definition) is 5. The Balaban J connectivity index is 2.22. The molecular formula is C16H29N3OS. The molecule has 1 unspecified atom stereocenters. The molecule has 5 heteroatoms. The minimum atomic E-state index is 0.0727. The molecule has 0 aliphatic carbocycles. The molecule has 1 aromatic rings. The first-order chi connectivity index (χ1) is 9.77. The molecule has 1 N–H and O–H groups in total. The van der Waals surface area contributed by atoms with Gasteiger partial charge < -0.3 is 15.0 Å². The van der Waals surface area contributed by atoms with E-state index in [1.54, 1.807) is 0 Å². The average molecular weight is 311 g/mol. The van der Waals surface area contributed by atoms with E-state index in [1.165, 1.54) is 10.6 Å². The van der Waals surface area contributed by atoms with Gasteiger partial charge in [0, 0.05) is 36.0 Å². The average Bonchev–Trinajstić information content (AvgIpc) is 2.80. The first-order valence-electron chi connectivity index (χ1n) is 7.81. The second-order valence-corrected chi connectivity index (χ2v) is 8.35. The van der Waals surface area contributed by atoms with Crippen molar-refractivity contribution in [3.8, 4) is 0 Å². The Morgan fingerprint density at radius 2 is 2.14 bits per heavy atom. The second kappa shape index (κ2) is 6.73. The van der Waals surface area contributed by atoms with Crippen LogP contribution in [0.5, 0.6) is 0 Å². The summed E-state index contributed by atoms with van der Waals surface area (Å²) >= 11 is 1.81. The predicted octanol–water partition coefficient (Wildman–Crippen LogP) is 2.94. The van der Waals surface area contributed by atoms with Gasteiger partial charge in [-0.25, -0.2) is 4.98 Å². The van der Waals surface area contributed by atoms with E-state index in [4.69, 9.17) is 9.72 Å². The molecule has 0 aromatic carbocycles. The van der Waals surface area contributed by atoms with Crippen LogP contribution in [0.1, 0.15) is 56.3 Å². The van der Waals surface area contributed by atoms with Crippen molar-refractivity contribution in [2.24, 2.45) is 0 Å². The van der Waals surface area contributed by atoms with E-state index in [-0.39, 0.29) is 11.5 Å². The van der Waals surface area contributed by atoms with Crippen molar-refractivity contribution < 1.29 is 4.74 Å². The highest BCUT2D eigenvalue weighted by Crippen LogP contribution is 2.34. The van der Waals surface area contributed by atoms with Crippen LogP contribution in [0.15, 0.2) is 0 Å². The SMILES string of the molecule is CC(C)NCc1sc(C2CN(C)CCO2)nc1C(C)(C)C. The zero-order valence-corrected chi connectivity index (χ0v) is 15.0. The number of ether oxygens (including phenoxy) is 1. The van der Waals surface area contributed by atoms with Crippen molar-refractivity contribution in [1.29, 1.82) is 0 Å². The molecule has 1 fully saturated rings. The summed E-state index contributed by atoms with van der Waals surface area (Å²) in [5, 5.41) is 4.65. The molecule has 120 valence electrons. The highest BCUT2D eigenvalue weighted by molar-refractivity contribution is 7.11. The number of likely N-dealkylation sites (N-methyl/N-ethyl adjacent to an activating group) is 1. The quantitative estimate of drug-likeness (QED) is 0.928. The number of morpholine rings is 1. The number of hydrogen-bond donors (Lipinski definition) is 1. The molecule has 21 heavy (non-hydrogen) atoms. The molecule has 1 aromatic heterocycles. The van der Waals surface area contributed by atoms with E-state index in [0.717, 1.165) is 31.2 Å². The van der Waals surface area contributed by atoms with Crippen molar-refractivity contribution in [2.45, 2.75) is 58.7 Å². The highest BCUT2D eigenvalue weighted by atomic mass is 32.1. The second-order valence-electron chi connectivity index (χ2n) is 7.23. The molecule has 0 saturated carbocycles. The van der Waals surface area contributed by atoms with Gasteiger partial charge in [-0.05, 0) is 7.05 Å². The number of nitrogens with one attached hydrogen (secondary N) is 1. The minimum Gasteiger partial charge on any atom is -0.368 e. The molecule has 0 spiro atoms. The maximum absolute atomic E-state index is 5.93. The summed E-state index contributed by atoms with van der Waals surface area (Å²) in [5.74, 6) is 0. The first kappa shape index (κ1) is 16.9. The fourth-order valence-electron chi connectivity index (χ4n) is 2.44. The van der Waals surface area contributed by atoms with E-state index in [0.29, 0.717) is 6.04 Å². The Hall–Kier alpha value is -0.490. The molecule has 0 bridgehead atoms. The maximum Gasteiger partial charge on any atom is 0.123 e. The lowest BCUT2D eigenvalue weighted by Crippen LogP contribution is -2.35. The van der Waals surface area contributed by atoms with Gasteiger partial charge in [-0.1, -0.05) is 34.6 Å². The number of thiazole rings is 1. The smallest absolute Gasteiger partial charge is 0.123 e. The predicted molar refractivity (Wildman–Crippen MR) is 89.0 cm³/mol. The summed E-state index contributed by atoms with van der Waals surface area (Å²) in [4.78, 5) is 8.61. The van der Waals surface area contributed by atoms with Crippen LogP contribution < -0.4 is 5.32 Å². The van der Waals surface area contributed by atoms with Crippen LogP contribution in [0, 0.1) is 0 Å². The van der Waals surface area contributed by atoms with Crippen LogP contribution in [0.25, 0.3) is 0 Å². The molecular weight excluding hydrogens is 282 g/mol. The summed E-state index contributed by atoms with van der Waals surface area (Å²) in [6, 6.07) is 0.487. The maximum atomic E-state index is 5.93. The number of nitrogens with zero attached hydrogens (tertiary/aromatic N) is 2. The molecule has 1 aliphatic heterocycles. The summed E-state index contributed by atoms with van der Waals surface area (Å²) < 4.78 is 5.93. The van der Waals surface area contributed by atoms with Gasteiger partial charge in [-0.3, -0.25) is 0 Å². The van der Waals surface area contributed by atoms with Gasteiger partial charge in [-0.15, -0.1) is 11.3 Å². The lowest BCUT2D eigenvalue weighted by Gasteiger charge is -2.28. The molecule has 0 radical (unpaired) electrons. The fraction of sp³-hybridized carbons (Fsp3) is 0.812. The molecule has 2 heterocycles. The Labute approximate surface area is 132 Å². The molecule has 4 nitrogen and oxygen atoms in total. The van der Waals surface area contributed by atoms with Gasteiger partial charge in [0.2, 0.25) is 0 Å². The van der Waals surface area contributed by atoms with Gasteiger partial charge in [0.05, 0.1) is 12.3 Å². The minimum absolute atomic E-state index is 0.0727. The summed E-state index contributed by atoms with van der Waals surface area (Å²) in [5.41, 5.74) is 1.29. The van der Waals surface area contributed by atoms with E-state index >= 15 is 0 Å². The lowest BCUT2D eigenvalue weighted by atomic mass is 9.91. The van der Waals surface area contributed by atoms with Crippen LogP contribution in [0.2, 0.25) is 0 Å². The summed E-state index contributed by atoms with van der Waals surface area (Å²) in [6.07, 6.45) is 0.127. The van der Waals surface area contributed by atoms with Crippen LogP contribution in [0.4, 0.5) is 0 Å². The van der Waals surface area contributed by atoms with E-state index in [9.17, 15) is 0 Å². The van der Waals surface area contributed by atoms with E-state index in [1.807, 2.05) is 11.3 Å². The van der Waals surface area contributed by atoms with Crippen LogP contribution >= 0.6 is 11.3 Å². The van der Waals surface area contributed by atoms with Crippen LogP contribution in [0.3, 0.4) is 0 Å². The summed E-state index contributed by atoms with van der Waals surface area (Å²) in [6.45, 7) is 14.7. The first-order valence-corrected chi connectivity index (χ1v) is 8.62. The number of rotatable bonds is 4. The van der Waals surface area contributed by atoms with Crippen LogP contribution in [-0.2, 0) is 16.7 Å². The fourth-order valence-corrected chi connectivity index (χ4v) is 3.70. The van der Waals surface area contributed by atoms with Crippen molar-refractivity contribution in [3.63, 3.8) is 0 Å². The molecule has 1 atom stereocenters. The van der Waals surface area contributed by atoms with Crippen molar-refractivity contribution in [2.75, 3.05) is 26.7 Å². The van der Waals surface area contributed by atoms with Gasteiger partial charge in [0.25, 0.3) is 0 Å². The molecule has 1 saturated heterocycles. The Bertz CT molecular complexity index is 465. The largest absolute Gasteiger partial charge is 0.368 e. The third kappa shape index (κ3) is 4.49.